The lowest BCUT2D eigenvalue weighted by Gasteiger charge is -2.14. The van der Waals surface area contributed by atoms with Crippen LogP contribution in [0.3, 0.4) is 0 Å². The van der Waals surface area contributed by atoms with Gasteiger partial charge in [0, 0.05) is 28.7 Å². The number of nitrogens with zero attached hydrogens (tertiary/aromatic N) is 1. The van der Waals surface area contributed by atoms with Crippen LogP contribution in [0.15, 0.2) is 54.2 Å². The molecule has 0 saturated heterocycles. The summed E-state index contributed by atoms with van der Waals surface area (Å²) in [5.41, 5.74) is 7.53. The number of aryl methyl sites for hydroxylation is 1. The number of benzene rings is 1. The minimum absolute atomic E-state index is 0.0635. The first-order valence-corrected chi connectivity index (χ1v) is 7.83. The molecule has 20 heavy (non-hydrogen) atoms. The summed E-state index contributed by atoms with van der Waals surface area (Å²) >= 11 is 1.82. The fourth-order valence-corrected chi connectivity index (χ4v) is 3.29. The van der Waals surface area contributed by atoms with Gasteiger partial charge >= 0.3 is 0 Å². The number of thiophene rings is 1. The summed E-state index contributed by atoms with van der Waals surface area (Å²) in [6.07, 6.45) is 7.04. The van der Waals surface area contributed by atoms with Gasteiger partial charge in [-0.15, -0.1) is 11.3 Å². The van der Waals surface area contributed by atoms with E-state index in [1.54, 1.807) is 0 Å². The SMILES string of the molecule is NC(CCCc1cccs1)c1cncc2ccccc12. The molecule has 3 rings (SSSR count). The van der Waals surface area contributed by atoms with E-state index in [-0.39, 0.29) is 6.04 Å². The van der Waals surface area contributed by atoms with E-state index in [2.05, 4.69) is 40.7 Å². The second kappa shape index (κ2) is 6.16. The van der Waals surface area contributed by atoms with Crippen LogP contribution in [0.5, 0.6) is 0 Å². The molecule has 2 nitrogen and oxygen atoms in total. The minimum atomic E-state index is 0.0635. The molecule has 0 amide bonds. The quantitative estimate of drug-likeness (QED) is 0.757. The summed E-state index contributed by atoms with van der Waals surface area (Å²) in [6.45, 7) is 0. The number of hydrogen-bond donors (Lipinski definition) is 1. The molecule has 102 valence electrons. The number of fused-ring (bicyclic) bond motifs is 1. The average Bonchev–Trinajstić information content (AvgIpc) is 3.00. The molecular formula is C17H18N2S. The third kappa shape index (κ3) is 2.89. The van der Waals surface area contributed by atoms with Gasteiger partial charge in [-0.05, 0) is 41.7 Å². The Morgan fingerprint density at radius 2 is 2.00 bits per heavy atom. The molecule has 0 spiro atoms. The molecule has 0 radical (unpaired) electrons. The van der Waals surface area contributed by atoms with Crippen LogP contribution < -0.4 is 5.73 Å². The molecule has 0 aliphatic heterocycles. The maximum atomic E-state index is 6.36. The molecule has 2 N–H and O–H groups in total. The van der Waals surface area contributed by atoms with Gasteiger partial charge in [0.25, 0.3) is 0 Å². The van der Waals surface area contributed by atoms with E-state index in [9.17, 15) is 0 Å². The van der Waals surface area contributed by atoms with Crippen molar-refractivity contribution in [3.63, 3.8) is 0 Å². The molecule has 0 aliphatic carbocycles. The highest BCUT2D eigenvalue weighted by Crippen LogP contribution is 2.25. The zero-order valence-electron chi connectivity index (χ0n) is 11.3. The van der Waals surface area contributed by atoms with Gasteiger partial charge in [-0.1, -0.05) is 30.3 Å². The van der Waals surface area contributed by atoms with Gasteiger partial charge in [-0.25, -0.2) is 0 Å². The van der Waals surface area contributed by atoms with Crippen molar-refractivity contribution in [1.82, 2.24) is 4.98 Å². The Morgan fingerprint density at radius 3 is 2.85 bits per heavy atom. The van der Waals surface area contributed by atoms with Crippen LogP contribution in [0.25, 0.3) is 10.8 Å². The molecule has 1 unspecified atom stereocenters. The number of nitrogens with two attached hydrogens (primary N) is 1. The fraction of sp³-hybridized carbons (Fsp3) is 0.235. The van der Waals surface area contributed by atoms with Crippen LogP contribution in [0.4, 0.5) is 0 Å². The zero-order chi connectivity index (χ0) is 13.8. The van der Waals surface area contributed by atoms with Gasteiger partial charge in [-0.3, -0.25) is 4.98 Å². The smallest absolute Gasteiger partial charge is 0.0346 e. The molecule has 0 fully saturated rings. The Hall–Kier alpha value is -1.71. The van der Waals surface area contributed by atoms with E-state index >= 15 is 0 Å². The van der Waals surface area contributed by atoms with Crippen molar-refractivity contribution < 1.29 is 0 Å². The highest BCUT2D eigenvalue weighted by atomic mass is 32.1. The molecule has 0 bridgehead atoms. The van der Waals surface area contributed by atoms with Crippen molar-refractivity contribution in [2.24, 2.45) is 5.73 Å². The van der Waals surface area contributed by atoms with Crippen molar-refractivity contribution >= 4 is 22.1 Å². The van der Waals surface area contributed by atoms with E-state index in [0.29, 0.717) is 0 Å². The predicted octanol–water partition coefficient (Wildman–Crippen LogP) is 4.32. The Labute approximate surface area is 123 Å². The van der Waals surface area contributed by atoms with Crippen LogP contribution >= 0.6 is 11.3 Å². The summed E-state index contributed by atoms with van der Waals surface area (Å²) in [6, 6.07) is 12.7. The highest BCUT2D eigenvalue weighted by molar-refractivity contribution is 7.09. The van der Waals surface area contributed by atoms with Gasteiger partial charge < -0.3 is 5.73 Å². The van der Waals surface area contributed by atoms with E-state index in [1.165, 1.54) is 15.6 Å². The first kappa shape index (κ1) is 13.3. The first-order chi connectivity index (χ1) is 9.84. The van der Waals surface area contributed by atoms with E-state index < -0.39 is 0 Å². The number of rotatable bonds is 5. The van der Waals surface area contributed by atoms with Gasteiger partial charge in [0.2, 0.25) is 0 Å². The molecule has 1 atom stereocenters. The zero-order valence-corrected chi connectivity index (χ0v) is 12.1. The normalized spacial score (nSPS) is 12.7. The van der Waals surface area contributed by atoms with Gasteiger partial charge in [0.05, 0.1) is 0 Å². The predicted molar refractivity (Wildman–Crippen MR) is 85.9 cm³/mol. The standard InChI is InChI=1S/C17H18N2S/c18-17(9-3-6-14-7-4-10-20-14)16-12-19-11-13-5-1-2-8-15(13)16/h1-2,4-5,7-8,10-12,17H,3,6,9,18H2. The Bertz CT molecular complexity index is 671. The summed E-state index contributed by atoms with van der Waals surface area (Å²) in [5, 5.41) is 4.52. The number of hydrogen-bond acceptors (Lipinski definition) is 3. The lowest BCUT2D eigenvalue weighted by atomic mass is 9.98. The maximum absolute atomic E-state index is 6.36. The van der Waals surface area contributed by atoms with Crippen molar-refractivity contribution in [1.29, 1.82) is 0 Å². The topological polar surface area (TPSA) is 38.9 Å². The molecular weight excluding hydrogens is 264 g/mol. The molecule has 3 aromatic rings. The van der Waals surface area contributed by atoms with Crippen LogP contribution in [-0.2, 0) is 6.42 Å². The first-order valence-electron chi connectivity index (χ1n) is 6.95. The molecule has 2 aromatic heterocycles. The van der Waals surface area contributed by atoms with E-state index in [4.69, 9.17) is 5.73 Å². The highest BCUT2D eigenvalue weighted by Gasteiger charge is 2.10. The average molecular weight is 282 g/mol. The van der Waals surface area contributed by atoms with Crippen molar-refractivity contribution in [3.05, 3.63) is 64.6 Å². The second-order valence-corrected chi connectivity index (χ2v) is 6.06. The minimum Gasteiger partial charge on any atom is -0.324 e. The summed E-state index contributed by atoms with van der Waals surface area (Å²) in [4.78, 5) is 5.75. The molecule has 0 saturated carbocycles. The molecule has 1 aromatic carbocycles. The van der Waals surface area contributed by atoms with Crippen LogP contribution in [0, 0.1) is 0 Å². The molecule has 2 heterocycles. The van der Waals surface area contributed by atoms with Gasteiger partial charge in [0.15, 0.2) is 0 Å². The second-order valence-electron chi connectivity index (χ2n) is 5.03. The van der Waals surface area contributed by atoms with E-state index in [0.717, 1.165) is 24.8 Å². The van der Waals surface area contributed by atoms with Gasteiger partial charge in [-0.2, -0.15) is 0 Å². The van der Waals surface area contributed by atoms with Crippen LogP contribution in [-0.4, -0.2) is 4.98 Å². The summed E-state index contributed by atoms with van der Waals surface area (Å²) < 4.78 is 0. The Balaban J connectivity index is 1.70. The Morgan fingerprint density at radius 1 is 1.10 bits per heavy atom. The molecule has 0 aliphatic rings. The summed E-state index contributed by atoms with van der Waals surface area (Å²) in [5.74, 6) is 0. The van der Waals surface area contributed by atoms with Crippen molar-refractivity contribution in [2.45, 2.75) is 25.3 Å². The van der Waals surface area contributed by atoms with Crippen molar-refractivity contribution in [2.75, 3.05) is 0 Å². The lowest BCUT2D eigenvalue weighted by Crippen LogP contribution is -2.11. The lowest BCUT2D eigenvalue weighted by molar-refractivity contribution is 0.616. The van der Waals surface area contributed by atoms with Crippen LogP contribution in [0.1, 0.15) is 29.3 Å². The molecule has 3 heteroatoms. The number of aromatic nitrogens is 1. The number of pyridine rings is 1. The Kier molecular flexibility index (Phi) is 4.09. The third-order valence-electron chi connectivity index (χ3n) is 3.62. The van der Waals surface area contributed by atoms with Crippen molar-refractivity contribution in [3.8, 4) is 0 Å². The summed E-state index contributed by atoms with van der Waals surface area (Å²) in [7, 11) is 0. The fourth-order valence-electron chi connectivity index (χ4n) is 2.54. The monoisotopic (exact) mass is 282 g/mol. The van der Waals surface area contributed by atoms with E-state index in [1.807, 2.05) is 29.8 Å². The van der Waals surface area contributed by atoms with Crippen LogP contribution in [0.2, 0.25) is 0 Å². The van der Waals surface area contributed by atoms with Gasteiger partial charge in [0.1, 0.15) is 0 Å². The third-order valence-corrected chi connectivity index (χ3v) is 4.55. The maximum Gasteiger partial charge on any atom is 0.0346 e. The largest absolute Gasteiger partial charge is 0.324 e.